The van der Waals surface area contributed by atoms with E-state index >= 15 is 0 Å². The van der Waals surface area contributed by atoms with Crippen LogP contribution in [-0.4, -0.2) is 24.0 Å². The summed E-state index contributed by atoms with van der Waals surface area (Å²) in [6, 6.07) is 1.45. The molecule has 2 nitrogen and oxygen atoms in total. The van der Waals surface area contributed by atoms with E-state index in [9.17, 15) is 13.2 Å². The Kier molecular flexibility index (Phi) is 4.70. The summed E-state index contributed by atoms with van der Waals surface area (Å²) in [5.74, 6) is -2.50. The summed E-state index contributed by atoms with van der Waals surface area (Å²) in [6.07, 6.45) is 2.05. The van der Waals surface area contributed by atoms with Crippen LogP contribution in [0.4, 0.5) is 13.2 Å². The highest BCUT2D eigenvalue weighted by molar-refractivity contribution is 5.24. The Morgan fingerprint density at radius 3 is 2.45 bits per heavy atom. The van der Waals surface area contributed by atoms with E-state index in [4.69, 9.17) is 5.73 Å². The third kappa shape index (κ3) is 2.83. The summed E-state index contributed by atoms with van der Waals surface area (Å²) in [4.78, 5) is 2.13. The molecule has 0 aliphatic carbocycles. The molecule has 2 unspecified atom stereocenters. The zero-order valence-electron chi connectivity index (χ0n) is 11.9. The first kappa shape index (κ1) is 15.3. The van der Waals surface area contributed by atoms with Crippen molar-refractivity contribution in [2.24, 2.45) is 11.7 Å². The molecule has 1 saturated heterocycles. The highest BCUT2D eigenvalue weighted by Gasteiger charge is 2.34. The Morgan fingerprint density at radius 1 is 1.20 bits per heavy atom. The molecule has 2 rings (SSSR count). The molecule has 2 atom stereocenters. The zero-order chi connectivity index (χ0) is 14.9. The molecular formula is C15H21F3N2. The number of halogens is 3. The van der Waals surface area contributed by atoms with Gasteiger partial charge in [-0.1, -0.05) is 13.8 Å². The topological polar surface area (TPSA) is 29.3 Å². The number of hydrogen-bond donors (Lipinski definition) is 1. The van der Waals surface area contributed by atoms with E-state index in [-0.39, 0.29) is 12.1 Å². The number of rotatable bonds is 4. The minimum Gasteiger partial charge on any atom is -0.329 e. The van der Waals surface area contributed by atoms with E-state index in [2.05, 4.69) is 18.7 Å². The maximum Gasteiger partial charge on any atom is 0.161 e. The normalized spacial score (nSPS) is 21.6. The summed E-state index contributed by atoms with van der Waals surface area (Å²) in [6.45, 7) is 5.21. The molecule has 1 aliphatic rings. The lowest BCUT2D eigenvalue weighted by Crippen LogP contribution is -2.40. The summed E-state index contributed by atoms with van der Waals surface area (Å²) < 4.78 is 40.4. The second kappa shape index (κ2) is 6.14. The third-order valence-electron chi connectivity index (χ3n) is 4.13. The van der Waals surface area contributed by atoms with Crippen molar-refractivity contribution in [1.82, 2.24) is 4.90 Å². The van der Waals surface area contributed by atoms with Crippen LogP contribution in [0.25, 0.3) is 0 Å². The molecule has 1 fully saturated rings. The number of nitrogens with zero attached hydrogens (tertiary/aromatic N) is 1. The van der Waals surface area contributed by atoms with Crippen LogP contribution in [0.1, 0.15) is 38.3 Å². The molecule has 0 saturated carbocycles. The van der Waals surface area contributed by atoms with Crippen molar-refractivity contribution in [1.29, 1.82) is 0 Å². The standard InChI is InChI=1S/C15H21F3N2/c1-9(2)14-4-3-5-20(14)15(8-19)10-6-12(17)13(18)7-11(10)16/h6-7,9,14-15H,3-5,8,19H2,1-2H3. The average molecular weight is 286 g/mol. The fourth-order valence-electron chi connectivity index (χ4n) is 3.15. The number of benzene rings is 1. The first-order valence-electron chi connectivity index (χ1n) is 7.06. The van der Waals surface area contributed by atoms with Crippen molar-refractivity contribution in [2.45, 2.75) is 38.8 Å². The van der Waals surface area contributed by atoms with Crippen LogP contribution in [0.2, 0.25) is 0 Å². The molecule has 2 N–H and O–H groups in total. The third-order valence-corrected chi connectivity index (χ3v) is 4.13. The van der Waals surface area contributed by atoms with Crippen molar-refractivity contribution < 1.29 is 13.2 Å². The Hall–Kier alpha value is -1.07. The van der Waals surface area contributed by atoms with Crippen molar-refractivity contribution in [3.63, 3.8) is 0 Å². The quantitative estimate of drug-likeness (QED) is 0.861. The fraction of sp³-hybridized carbons (Fsp3) is 0.600. The zero-order valence-corrected chi connectivity index (χ0v) is 11.9. The molecule has 1 heterocycles. The van der Waals surface area contributed by atoms with Gasteiger partial charge in [0.1, 0.15) is 5.82 Å². The second-order valence-corrected chi connectivity index (χ2v) is 5.73. The van der Waals surface area contributed by atoms with Gasteiger partial charge in [0.15, 0.2) is 11.6 Å². The number of nitrogens with two attached hydrogens (primary N) is 1. The van der Waals surface area contributed by atoms with E-state index in [0.29, 0.717) is 18.0 Å². The summed E-state index contributed by atoms with van der Waals surface area (Å²) in [5.41, 5.74) is 5.93. The molecule has 1 aliphatic heterocycles. The first-order chi connectivity index (χ1) is 9.45. The van der Waals surface area contributed by atoms with E-state index in [1.807, 2.05) is 0 Å². The molecule has 0 aromatic heterocycles. The second-order valence-electron chi connectivity index (χ2n) is 5.73. The van der Waals surface area contributed by atoms with Gasteiger partial charge in [-0.25, -0.2) is 13.2 Å². The van der Waals surface area contributed by atoms with Gasteiger partial charge < -0.3 is 5.73 Å². The average Bonchev–Trinajstić information content (AvgIpc) is 2.85. The monoisotopic (exact) mass is 286 g/mol. The first-order valence-corrected chi connectivity index (χ1v) is 7.06. The van der Waals surface area contributed by atoms with Crippen molar-refractivity contribution in [2.75, 3.05) is 13.1 Å². The Morgan fingerprint density at radius 2 is 1.85 bits per heavy atom. The van der Waals surface area contributed by atoms with E-state index < -0.39 is 23.5 Å². The number of hydrogen-bond acceptors (Lipinski definition) is 2. The van der Waals surface area contributed by atoms with E-state index in [1.54, 1.807) is 0 Å². The predicted octanol–water partition coefficient (Wildman–Crippen LogP) is 3.22. The van der Waals surface area contributed by atoms with Crippen molar-refractivity contribution in [3.05, 3.63) is 35.1 Å². The molecule has 20 heavy (non-hydrogen) atoms. The maximum absolute atomic E-state index is 14.0. The molecule has 0 bridgehead atoms. The highest BCUT2D eigenvalue weighted by atomic mass is 19.2. The predicted molar refractivity (Wildman–Crippen MR) is 72.7 cm³/mol. The highest BCUT2D eigenvalue weighted by Crippen LogP contribution is 2.33. The molecule has 1 aromatic carbocycles. The summed E-state index contributed by atoms with van der Waals surface area (Å²) in [7, 11) is 0. The lowest BCUT2D eigenvalue weighted by Gasteiger charge is -2.35. The van der Waals surface area contributed by atoms with Crippen LogP contribution >= 0.6 is 0 Å². The number of likely N-dealkylation sites (tertiary alicyclic amines) is 1. The van der Waals surface area contributed by atoms with Crippen LogP contribution in [0.3, 0.4) is 0 Å². The Balaban J connectivity index is 2.35. The van der Waals surface area contributed by atoms with Crippen molar-refractivity contribution >= 4 is 0 Å². The molecule has 0 amide bonds. The van der Waals surface area contributed by atoms with Gasteiger partial charge in [0.25, 0.3) is 0 Å². The van der Waals surface area contributed by atoms with Gasteiger partial charge >= 0.3 is 0 Å². The fourth-order valence-corrected chi connectivity index (χ4v) is 3.15. The van der Waals surface area contributed by atoms with Gasteiger partial charge in [-0.05, 0) is 31.4 Å². The minimum absolute atomic E-state index is 0.152. The Bertz CT molecular complexity index is 476. The molecular weight excluding hydrogens is 265 g/mol. The van der Waals surface area contributed by atoms with Crippen LogP contribution in [-0.2, 0) is 0 Å². The van der Waals surface area contributed by atoms with Gasteiger partial charge in [0.05, 0.1) is 6.04 Å². The maximum atomic E-state index is 14.0. The van der Waals surface area contributed by atoms with Gasteiger partial charge in [0.2, 0.25) is 0 Å². The Labute approximate surface area is 117 Å². The van der Waals surface area contributed by atoms with Gasteiger partial charge in [-0.3, -0.25) is 4.90 Å². The van der Waals surface area contributed by atoms with E-state index in [1.165, 1.54) is 0 Å². The van der Waals surface area contributed by atoms with Crippen LogP contribution in [0.5, 0.6) is 0 Å². The molecule has 0 radical (unpaired) electrons. The molecule has 5 heteroatoms. The summed E-state index contributed by atoms with van der Waals surface area (Å²) in [5, 5.41) is 0. The molecule has 0 spiro atoms. The van der Waals surface area contributed by atoms with Crippen LogP contribution in [0.15, 0.2) is 12.1 Å². The minimum atomic E-state index is -1.16. The largest absolute Gasteiger partial charge is 0.329 e. The van der Waals surface area contributed by atoms with Crippen LogP contribution in [0, 0.1) is 23.4 Å². The van der Waals surface area contributed by atoms with Gasteiger partial charge in [-0.2, -0.15) is 0 Å². The van der Waals surface area contributed by atoms with Gasteiger partial charge in [0, 0.05) is 24.2 Å². The van der Waals surface area contributed by atoms with Crippen LogP contribution < -0.4 is 5.73 Å². The summed E-state index contributed by atoms with van der Waals surface area (Å²) >= 11 is 0. The SMILES string of the molecule is CC(C)C1CCCN1C(CN)c1cc(F)c(F)cc1F. The van der Waals surface area contributed by atoms with Gasteiger partial charge in [-0.15, -0.1) is 0 Å². The van der Waals surface area contributed by atoms with Crippen molar-refractivity contribution in [3.8, 4) is 0 Å². The smallest absolute Gasteiger partial charge is 0.161 e. The molecule has 1 aromatic rings. The molecule has 112 valence electrons. The van der Waals surface area contributed by atoms with E-state index in [0.717, 1.165) is 25.5 Å². The lowest BCUT2D eigenvalue weighted by atomic mass is 9.98. The lowest BCUT2D eigenvalue weighted by molar-refractivity contribution is 0.146.